The standard InChI is InChI=1S/C36H32N2O4S/c1-35(2,3)22-12-17-28(36(4,5)6)29(20-22)37-33(39)26-9-7-8-25-24(15-16-27(32(25)26)34(37)40)31-19-18-30(43-31)21-10-13-23(14-11-21)38(41)42/h7-20H,1-6H3. The van der Waals surface area contributed by atoms with Gasteiger partial charge in [-0.05, 0) is 80.9 Å². The van der Waals surface area contributed by atoms with Crippen molar-refractivity contribution in [3.63, 3.8) is 0 Å². The second-order valence-corrected chi connectivity index (χ2v) is 14.1. The van der Waals surface area contributed by atoms with Gasteiger partial charge in [-0.25, -0.2) is 4.90 Å². The Labute approximate surface area is 254 Å². The Morgan fingerprint density at radius 3 is 1.95 bits per heavy atom. The van der Waals surface area contributed by atoms with Crippen LogP contribution in [0, 0.1) is 10.1 Å². The molecule has 0 fully saturated rings. The lowest BCUT2D eigenvalue weighted by Gasteiger charge is -2.34. The van der Waals surface area contributed by atoms with Crippen LogP contribution in [0.2, 0.25) is 0 Å². The Morgan fingerprint density at radius 1 is 0.698 bits per heavy atom. The van der Waals surface area contributed by atoms with E-state index in [-0.39, 0.29) is 28.3 Å². The van der Waals surface area contributed by atoms with Crippen LogP contribution in [0.4, 0.5) is 11.4 Å². The number of nitro benzene ring substituents is 1. The fourth-order valence-corrected chi connectivity index (χ4v) is 6.78. The van der Waals surface area contributed by atoms with Gasteiger partial charge in [0.1, 0.15) is 0 Å². The number of hydrogen-bond donors (Lipinski definition) is 0. The predicted molar refractivity (Wildman–Crippen MR) is 174 cm³/mol. The quantitative estimate of drug-likeness (QED) is 0.119. The number of thiophene rings is 1. The van der Waals surface area contributed by atoms with Gasteiger partial charge in [0.2, 0.25) is 0 Å². The molecular formula is C36H32N2O4S. The Hall–Kier alpha value is -4.62. The number of carbonyl (C=O) groups is 2. The molecule has 0 saturated heterocycles. The van der Waals surface area contributed by atoms with E-state index in [4.69, 9.17) is 0 Å². The van der Waals surface area contributed by atoms with Gasteiger partial charge in [0.15, 0.2) is 0 Å². The van der Waals surface area contributed by atoms with E-state index < -0.39 is 4.92 Å². The van der Waals surface area contributed by atoms with Crippen molar-refractivity contribution >= 4 is 45.3 Å². The number of nitro groups is 1. The van der Waals surface area contributed by atoms with Crippen LogP contribution in [0.25, 0.3) is 31.7 Å². The minimum Gasteiger partial charge on any atom is -0.268 e. The van der Waals surface area contributed by atoms with Crippen LogP contribution in [-0.2, 0) is 10.8 Å². The number of hydrogen-bond acceptors (Lipinski definition) is 5. The maximum absolute atomic E-state index is 14.2. The van der Waals surface area contributed by atoms with Crippen LogP contribution in [-0.4, -0.2) is 16.7 Å². The van der Waals surface area contributed by atoms with E-state index in [9.17, 15) is 19.7 Å². The molecule has 0 spiro atoms. The molecule has 4 aromatic carbocycles. The number of rotatable bonds is 4. The normalized spacial score (nSPS) is 13.6. The highest BCUT2D eigenvalue weighted by atomic mass is 32.1. The van der Waals surface area contributed by atoms with Crippen molar-refractivity contribution in [2.24, 2.45) is 0 Å². The van der Waals surface area contributed by atoms with Gasteiger partial charge >= 0.3 is 0 Å². The minimum atomic E-state index is -0.409. The largest absolute Gasteiger partial charge is 0.269 e. The van der Waals surface area contributed by atoms with Crippen molar-refractivity contribution < 1.29 is 14.5 Å². The minimum absolute atomic E-state index is 0.0484. The molecule has 0 atom stereocenters. The second kappa shape index (κ2) is 9.99. The molecule has 5 aromatic rings. The van der Waals surface area contributed by atoms with Crippen LogP contribution in [0.3, 0.4) is 0 Å². The van der Waals surface area contributed by atoms with Gasteiger partial charge in [0.25, 0.3) is 17.5 Å². The van der Waals surface area contributed by atoms with Crippen LogP contribution in [0.5, 0.6) is 0 Å². The van der Waals surface area contributed by atoms with Crippen molar-refractivity contribution in [1.29, 1.82) is 0 Å². The van der Waals surface area contributed by atoms with Gasteiger partial charge in [-0.3, -0.25) is 19.7 Å². The smallest absolute Gasteiger partial charge is 0.268 e. The summed E-state index contributed by atoms with van der Waals surface area (Å²) in [5.74, 6) is -0.649. The fraction of sp³-hybridized carbons (Fsp3) is 0.222. The average molecular weight is 589 g/mol. The van der Waals surface area contributed by atoms with Crippen LogP contribution in [0.1, 0.15) is 73.4 Å². The number of carbonyl (C=O) groups excluding carboxylic acids is 2. The van der Waals surface area contributed by atoms with Gasteiger partial charge in [0, 0.05) is 38.4 Å². The first-order valence-corrected chi connectivity index (χ1v) is 15.0. The van der Waals surface area contributed by atoms with Crippen molar-refractivity contribution in [2.45, 2.75) is 52.4 Å². The summed E-state index contributed by atoms with van der Waals surface area (Å²) < 4.78 is 0. The zero-order chi connectivity index (χ0) is 30.8. The van der Waals surface area contributed by atoms with Crippen molar-refractivity contribution in [2.75, 3.05) is 4.90 Å². The summed E-state index contributed by atoms with van der Waals surface area (Å²) >= 11 is 1.56. The number of anilines is 1. The molecule has 6 rings (SSSR count). The molecule has 0 bridgehead atoms. The van der Waals surface area contributed by atoms with Crippen molar-refractivity contribution in [3.05, 3.63) is 117 Å². The Kier molecular flexibility index (Phi) is 6.62. The maximum Gasteiger partial charge on any atom is 0.269 e. The first-order valence-electron chi connectivity index (χ1n) is 14.2. The Bertz CT molecular complexity index is 1930. The molecule has 1 aliphatic rings. The second-order valence-electron chi connectivity index (χ2n) is 13.0. The third-order valence-corrected chi connectivity index (χ3v) is 9.22. The SMILES string of the molecule is CC(C)(C)c1ccc(C(C)(C)C)c(N2C(=O)c3cccc4c(-c5ccc(-c6ccc([N+](=O)[O-])cc6)s5)ccc(c34)C2=O)c1. The number of imide groups is 1. The van der Waals surface area contributed by atoms with E-state index >= 15 is 0 Å². The van der Waals surface area contributed by atoms with E-state index in [1.165, 1.54) is 17.0 Å². The summed E-state index contributed by atoms with van der Waals surface area (Å²) in [6, 6.07) is 26.1. The molecule has 1 aromatic heterocycles. The van der Waals surface area contributed by atoms with E-state index in [1.807, 2.05) is 42.5 Å². The summed E-state index contributed by atoms with van der Waals surface area (Å²) in [6.07, 6.45) is 0. The third-order valence-electron chi connectivity index (χ3n) is 8.05. The predicted octanol–water partition coefficient (Wildman–Crippen LogP) is 9.54. The molecular weight excluding hydrogens is 556 g/mol. The topological polar surface area (TPSA) is 80.5 Å². The zero-order valence-corrected chi connectivity index (χ0v) is 25.8. The average Bonchev–Trinajstić information content (AvgIpc) is 3.45. The number of benzene rings is 4. The highest BCUT2D eigenvalue weighted by Gasteiger charge is 2.37. The summed E-state index contributed by atoms with van der Waals surface area (Å²) in [5.41, 5.74) is 5.04. The van der Waals surface area contributed by atoms with Gasteiger partial charge in [-0.2, -0.15) is 0 Å². The molecule has 2 heterocycles. The van der Waals surface area contributed by atoms with Gasteiger partial charge in [0.05, 0.1) is 10.6 Å². The molecule has 7 heteroatoms. The van der Waals surface area contributed by atoms with Crippen molar-refractivity contribution in [1.82, 2.24) is 0 Å². The molecule has 0 N–H and O–H groups in total. The lowest BCUT2D eigenvalue weighted by molar-refractivity contribution is -0.384. The molecule has 2 amide bonds. The first-order chi connectivity index (χ1) is 20.3. The van der Waals surface area contributed by atoms with Gasteiger partial charge < -0.3 is 0 Å². The van der Waals surface area contributed by atoms with Gasteiger partial charge in [-0.1, -0.05) is 71.9 Å². The Balaban J connectivity index is 1.47. The van der Waals surface area contributed by atoms with Crippen LogP contribution in [0.15, 0.2) is 84.9 Å². The molecule has 43 heavy (non-hydrogen) atoms. The summed E-state index contributed by atoms with van der Waals surface area (Å²) in [7, 11) is 0. The number of amides is 2. The third kappa shape index (κ3) is 4.83. The van der Waals surface area contributed by atoms with Gasteiger partial charge in [-0.15, -0.1) is 11.3 Å². The number of non-ortho nitro benzene ring substituents is 1. The number of nitrogens with zero attached hydrogens (tertiary/aromatic N) is 2. The molecule has 216 valence electrons. The first kappa shape index (κ1) is 28.5. The lowest BCUT2D eigenvalue weighted by Crippen LogP contribution is -2.42. The monoisotopic (exact) mass is 588 g/mol. The van der Waals surface area contributed by atoms with Crippen molar-refractivity contribution in [3.8, 4) is 20.9 Å². The van der Waals surface area contributed by atoms with E-state index in [1.54, 1.807) is 29.5 Å². The molecule has 0 aliphatic carbocycles. The van der Waals surface area contributed by atoms with E-state index in [0.717, 1.165) is 37.4 Å². The van der Waals surface area contributed by atoms with Crippen LogP contribution >= 0.6 is 11.3 Å². The molecule has 1 aliphatic heterocycles. The highest BCUT2D eigenvalue weighted by molar-refractivity contribution is 7.18. The summed E-state index contributed by atoms with van der Waals surface area (Å²) in [5, 5.41) is 12.6. The summed E-state index contributed by atoms with van der Waals surface area (Å²) in [4.78, 5) is 42.4. The van der Waals surface area contributed by atoms with E-state index in [2.05, 4.69) is 53.7 Å². The summed E-state index contributed by atoms with van der Waals surface area (Å²) in [6.45, 7) is 12.6. The van der Waals surface area contributed by atoms with Crippen LogP contribution < -0.4 is 4.90 Å². The fourth-order valence-electron chi connectivity index (χ4n) is 5.73. The lowest BCUT2D eigenvalue weighted by atomic mass is 9.80. The molecule has 0 saturated carbocycles. The Morgan fingerprint density at radius 2 is 1.33 bits per heavy atom. The van der Waals surface area contributed by atoms with E-state index in [0.29, 0.717) is 22.2 Å². The maximum atomic E-state index is 14.2. The molecule has 0 unspecified atom stereocenters. The highest BCUT2D eigenvalue weighted by Crippen LogP contribution is 2.44. The molecule has 0 radical (unpaired) electrons. The molecule has 6 nitrogen and oxygen atoms in total. The zero-order valence-electron chi connectivity index (χ0n) is 25.0.